The fraction of sp³-hybridized carbons (Fsp3) is 0.267. The van der Waals surface area contributed by atoms with Crippen LogP contribution in [0.2, 0.25) is 5.02 Å². The Balaban J connectivity index is 1.65. The van der Waals surface area contributed by atoms with Crippen LogP contribution >= 0.6 is 23.4 Å². The van der Waals surface area contributed by atoms with Gasteiger partial charge in [-0.3, -0.25) is 4.98 Å². The van der Waals surface area contributed by atoms with Gasteiger partial charge < -0.3 is 9.84 Å². The number of aromatic nitrogens is 1. The maximum atomic E-state index is 9.86. The summed E-state index contributed by atoms with van der Waals surface area (Å²) >= 11 is 7.45. The predicted octanol–water partition coefficient (Wildman–Crippen LogP) is 3.41. The van der Waals surface area contributed by atoms with Crippen LogP contribution in [-0.2, 0) is 5.75 Å². The molecule has 2 aromatic rings. The summed E-state index contributed by atoms with van der Waals surface area (Å²) < 4.78 is 5.49. The molecule has 0 aliphatic carbocycles. The molecular formula is C15H16ClNO2S. The van der Waals surface area contributed by atoms with E-state index in [0.717, 1.165) is 11.3 Å². The van der Waals surface area contributed by atoms with Crippen molar-refractivity contribution in [3.05, 3.63) is 59.4 Å². The van der Waals surface area contributed by atoms with Crippen molar-refractivity contribution in [1.29, 1.82) is 0 Å². The lowest BCUT2D eigenvalue weighted by molar-refractivity contribution is 0.126. The van der Waals surface area contributed by atoms with Gasteiger partial charge in [0.25, 0.3) is 0 Å². The van der Waals surface area contributed by atoms with Crippen LogP contribution in [0.5, 0.6) is 5.75 Å². The highest BCUT2D eigenvalue weighted by Crippen LogP contribution is 2.16. The van der Waals surface area contributed by atoms with Crippen molar-refractivity contribution in [3.63, 3.8) is 0 Å². The zero-order chi connectivity index (χ0) is 14.2. The van der Waals surface area contributed by atoms with Crippen LogP contribution in [0.1, 0.15) is 5.56 Å². The van der Waals surface area contributed by atoms with Crippen molar-refractivity contribution < 1.29 is 9.84 Å². The van der Waals surface area contributed by atoms with E-state index in [1.54, 1.807) is 42.2 Å². The van der Waals surface area contributed by atoms with Crippen LogP contribution in [0.4, 0.5) is 0 Å². The molecule has 106 valence electrons. The molecule has 1 N–H and O–H groups in total. The Morgan fingerprint density at radius 1 is 1.25 bits per heavy atom. The van der Waals surface area contributed by atoms with E-state index in [1.807, 2.05) is 18.3 Å². The topological polar surface area (TPSA) is 42.4 Å². The first-order valence-electron chi connectivity index (χ1n) is 6.27. The highest BCUT2D eigenvalue weighted by Gasteiger charge is 2.06. The Labute approximate surface area is 128 Å². The standard InChI is InChI=1S/C15H16ClNO2S/c16-13-3-5-15(6-4-13)19-9-14(18)11-20-10-12-2-1-7-17-8-12/h1-8,14,18H,9-11H2. The van der Waals surface area contributed by atoms with Gasteiger partial charge in [0.1, 0.15) is 12.4 Å². The average molecular weight is 310 g/mol. The number of aliphatic hydroxyl groups is 1. The van der Waals surface area contributed by atoms with Crippen molar-refractivity contribution >= 4 is 23.4 Å². The van der Waals surface area contributed by atoms with Crippen molar-refractivity contribution in [2.75, 3.05) is 12.4 Å². The summed E-state index contributed by atoms with van der Waals surface area (Å²) in [5.74, 6) is 2.18. The molecule has 0 spiro atoms. The number of benzene rings is 1. The van der Waals surface area contributed by atoms with Gasteiger partial charge >= 0.3 is 0 Å². The zero-order valence-corrected chi connectivity index (χ0v) is 12.5. The second-order valence-corrected chi connectivity index (χ2v) is 5.76. The summed E-state index contributed by atoms with van der Waals surface area (Å²) in [4.78, 5) is 4.05. The summed E-state index contributed by atoms with van der Waals surface area (Å²) in [6, 6.07) is 11.0. The molecule has 2 rings (SSSR count). The molecule has 1 heterocycles. The first kappa shape index (κ1) is 15.2. The van der Waals surface area contributed by atoms with E-state index in [4.69, 9.17) is 16.3 Å². The second kappa shape index (κ2) is 8.15. The first-order chi connectivity index (χ1) is 9.74. The summed E-state index contributed by atoms with van der Waals surface area (Å²) in [6.45, 7) is 0.279. The molecule has 0 bridgehead atoms. The second-order valence-electron chi connectivity index (χ2n) is 4.30. The third-order valence-corrected chi connectivity index (χ3v) is 3.97. The van der Waals surface area contributed by atoms with Gasteiger partial charge in [-0.25, -0.2) is 0 Å². The molecule has 5 heteroatoms. The molecular weight excluding hydrogens is 294 g/mol. The van der Waals surface area contributed by atoms with Gasteiger partial charge in [-0.05, 0) is 35.9 Å². The minimum atomic E-state index is -0.493. The minimum Gasteiger partial charge on any atom is -0.491 e. The molecule has 3 nitrogen and oxygen atoms in total. The molecule has 20 heavy (non-hydrogen) atoms. The van der Waals surface area contributed by atoms with Crippen LogP contribution < -0.4 is 4.74 Å². The average Bonchev–Trinajstić information content (AvgIpc) is 2.48. The maximum absolute atomic E-state index is 9.86. The zero-order valence-electron chi connectivity index (χ0n) is 10.9. The molecule has 1 atom stereocenters. The number of nitrogens with zero attached hydrogens (tertiary/aromatic N) is 1. The fourth-order valence-electron chi connectivity index (χ4n) is 1.57. The van der Waals surface area contributed by atoms with E-state index in [9.17, 15) is 5.11 Å². The van der Waals surface area contributed by atoms with Crippen LogP contribution in [-0.4, -0.2) is 28.6 Å². The quantitative estimate of drug-likeness (QED) is 0.851. The number of hydrogen-bond donors (Lipinski definition) is 1. The molecule has 1 aromatic heterocycles. The van der Waals surface area contributed by atoms with Crippen molar-refractivity contribution in [2.45, 2.75) is 11.9 Å². The Hall–Kier alpha value is -1.23. The minimum absolute atomic E-state index is 0.279. The molecule has 0 amide bonds. The number of halogens is 1. The van der Waals surface area contributed by atoms with E-state index >= 15 is 0 Å². The molecule has 1 aromatic carbocycles. The number of thioether (sulfide) groups is 1. The predicted molar refractivity (Wildman–Crippen MR) is 83.4 cm³/mol. The van der Waals surface area contributed by atoms with Gasteiger partial charge in [0.2, 0.25) is 0 Å². The summed E-state index contributed by atoms with van der Waals surface area (Å²) in [5, 5.41) is 10.5. The van der Waals surface area contributed by atoms with Gasteiger partial charge in [-0.1, -0.05) is 17.7 Å². The summed E-state index contributed by atoms with van der Waals surface area (Å²) in [5.41, 5.74) is 1.16. The van der Waals surface area contributed by atoms with Crippen molar-refractivity contribution in [2.24, 2.45) is 0 Å². The third-order valence-electron chi connectivity index (χ3n) is 2.56. The normalized spacial score (nSPS) is 12.1. The van der Waals surface area contributed by atoms with Gasteiger partial charge in [0.05, 0.1) is 6.10 Å². The van der Waals surface area contributed by atoms with Crippen molar-refractivity contribution in [1.82, 2.24) is 4.98 Å². The van der Waals surface area contributed by atoms with E-state index in [0.29, 0.717) is 16.5 Å². The first-order valence-corrected chi connectivity index (χ1v) is 7.80. The molecule has 0 aliphatic heterocycles. The Morgan fingerprint density at radius 3 is 2.75 bits per heavy atom. The number of aliphatic hydroxyl groups excluding tert-OH is 1. The number of ether oxygens (including phenoxy) is 1. The smallest absolute Gasteiger partial charge is 0.119 e. The summed E-state index contributed by atoms with van der Waals surface area (Å²) in [6.07, 6.45) is 3.10. The highest BCUT2D eigenvalue weighted by atomic mass is 35.5. The van der Waals surface area contributed by atoms with E-state index < -0.39 is 6.10 Å². The maximum Gasteiger partial charge on any atom is 0.119 e. The molecule has 0 fully saturated rings. The number of pyridine rings is 1. The lowest BCUT2D eigenvalue weighted by Crippen LogP contribution is -2.20. The molecule has 0 saturated carbocycles. The monoisotopic (exact) mass is 309 g/mol. The molecule has 0 radical (unpaired) electrons. The lowest BCUT2D eigenvalue weighted by Gasteiger charge is -2.12. The fourth-order valence-corrected chi connectivity index (χ4v) is 2.59. The molecule has 0 aliphatic rings. The van der Waals surface area contributed by atoms with Crippen LogP contribution in [0.25, 0.3) is 0 Å². The van der Waals surface area contributed by atoms with Gasteiger partial charge in [-0.15, -0.1) is 0 Å². The Kier molecular flexibility index (Phi) is 6.18. The Morgan fingerprint density at radius 2 is 2.05 bits per heavy atom. The van der Waals surface area contributed by atoms with Gasteiger partial charge in [0.15, 0.2) is 0 Å². The lowest BCUT2D eigenvalue weighted by atomic mass is 10.3. The number of rotatable bonds is 7. The third kappa shape index (κ3) is 5.41. The summed E-state index contributed by atoms with van der Waals surface area (Å²) in [7, 11) is 0. The van der Waals surface area contributed by atoms with E-state index in [1.165, 1.54) is 0 Å². The van der Waals surface area contributed by atoms with Gasteiger partial charge in [0, 0.05) is 28.9 Å². The van der Waals surface area contributed by atoms with Gasteiger partial charge in [-0.2, -0.15) is 11.8 Å². The van der Waals surface area contributed by atoms with E-state index in [-0.39, 0.29) is 6.61 Å². The Bertz CT molecular complexity index is 507. The largest absolute Gasteiger partial charge is 0.491 e. The molecule has 0 saturated heterocycles. The van der Waals surface area contributed by atoms with E-state index in [2.05, 4.69) is 4.98 Å². The van der Waals surface area contributed by atoms with Crippen LogP contribution in [0.15, 0.2) is 48.8 Å². The highest BCUT2D eigenvalue weighted by molar-refractivity contribution is 7.98. The SMILES string of the molecule is OC(COc1ccc(Cl)cc1)CSCc1cccnc1. The molecule has 1 unspecified atom stereocenters. The number of hydrogen-bond acceptors (Lipinski definition) is 4. The van der Waals surface area contributed by atoms with Crippen LogP contribution in [0, 0.1) is 0 Å². The van der Waals surface area contributed by atoms with Crippen LogP contribution in [0.3, 0.4) is 0 Å². The van der Waals surface area contributed by atoms with Crippen molar-refractivity contribution in [3.8, 4) is 5.75 Å².